The quantitative estimate of drug-likeness (QED) is 0.749. The minimum Gasteiger partial charge on any atom is -0.353 e. The summed E-state index contributed by atoms with van der Waals surface area (Å²) in [4.78, 5) is 13.1. The van der Waals surface area contributed by atoms with E-state index >= 15 is 0 Å². The highest BCUT2D eigenvalue weighted by Gasteiger charge is 2.17. The monoisotopic (exact) mass is 344 g/mol. The summed E-state index contributed by atoms with van der Waals surface area (Å²) in [6, 6.07) is 6.30. The number of nitrogens with zero attached hydrogens (tertiary/aromatic N) is 2. The molecule has 0 bridgehead atoms. The Morgan fingerprint density at radius 1 is 1.23 bits per heavy atom. The molecule has 0 saturated carbocycles. The highest BCUT2D eigenvalue weighted by Crippen LogP contribution is 2.17. The van der Waals surface area contributed by atoms with Crippen LogP contribution in [0.5, 0.6) is 0 Å². The van der Waals surface area contributed by atoms with E-state index in [-0.39, 0.29) is 22.5 Å². The Balaban J connectivity index is 2.75. The van der Waals surface area contributed by atoms with Crippen LogP contribution in [0.3, 0.4) is 0 Å². The minimum absolute atomic E-state index is 0.0640. The lowest BCUT2D eigenvalue weighted by atomic mass is 10.3. The zero-order valence-corrected chi connectivity index (χ0v) is 14.6. The maximum atomic E-state index is 12.1. The fourth-order valence-corrected chi connectivity index (χ4v) is 2.57. The number of hydrogen-bond acceptors (Lipinski definition) is 4. The normalized spacial score (nSPS) is 11.1. The molecule has 1 aromatic carbocycles. The van der Waals surface area contributed by atoms with Gasteiger partial charge in [0.05, 0.1) is 11.4 Å². The van der Waals surface area contributed by atoms with Crippen molar-refractivity contribution in [2.45, 2.75) is 4.90 Å². The van der Waals surface area contributed by atoms with E-state index in [1.807, 2.05) is 0 Å². The largest absolute Gasteiger partial charge is 0.353 e. The van der Waals surface area contributed by atoms with Gasteiger partial charge in [-0.3, -0.25) is 4.79 Å². The molecule has 0 heterocycles. The topological polar surface area (TPSA) is 81.8 Å². The average molecular weight is 344 g/mol. The number of carbonyl (C=O) groups is 1. The summed E-state index contributed by atoms with van der Waals surface area (Å²) in [7, 11) is 2.73. The van der Waals surface area contributed by atoms with Gasteiger partial charge >= 0.3 is 0 Å². The molecule has 1 rings (SSSR count). The van der Waals surface area contributed by atoms with Crippen LogP contribution in [0.2, 0.25) is 0 Å². The molecule has 22 heavy (non-hydrogen) atoms. The number of amides is 1. The molecular formula is C13H20N4O3S2. The van der Waals surface area contributed by atoms with E-state index in [4.69, 9.17) is 12.2 Å². The molecule has 122 valence electrons. The number of carbonyl (C=O) groups excluding carboxylic acids is 1. The van der Waals surface area contributed by atoms with Crippen LogP contribution in [0.1, 0.15) is 0 Å². The summed E-state index contributed by atoms with van der Waals surface area (Å²) < 4.78 is 25.3. The first-order valence-corrected chi connectivity index (χ1v) is 8.27. The number of nitrogens with one attached hydrogen (secondary N) is 2. The van der Waals surface area contributed by atoms with Crippen LogP contribution in [-0.2, 0) is 14.8 Å². The van der Waals surface area contributed by atoms with Crippen LogP contribution in [-0.4, -0.2) is 63.4 Å². The van der Waals surface area contributed by atoms with Gasteiger partial charge in [0.15, 0.2) is 5.11 Å². The van der Waals surface area contributed by atoms with Gasteiger partial charge in [-0.25, -0.2) is 12.7 Å². The van der Waals surface area contributed by atoms with Crippen molar-refractivity contribution in [2.75, 3.05) is 40.1 Å². The first-order valence-electron chi connectivity index (χ1n) is 6.42. The molecule has 7 nitrogen and oxygen atoms in total. The molecule has 0 unspecified atom stereocenters. The molecule has 0 fully saturated rings. The van der Waals surface area contributed by atoms with E-state index in [1.54, 1.807) is 26.2 Å². The van der Waals surface area contributed by atoms with E-state index in [0.29, 0.717) is 5.69 Å². The zero-order valence-electron chi connectivity index (χ0n) is 13.0. The minimum atomic E-state index is -3.50. The molecule has 0 aromatic heterocycles. The van der Waals surface area contributed by atoms with Crippen LogP contribution in [0, 0.1) is 0 Å². The second kappa shape index (κ2) is 7.52. The van der Waals surface area contributed by atoms with Crippen LogP contribution >= 0.6 is 12.2 Å². The fraction of sp³-hybridized carbons (Fsp3) is 0.385. The number of likely N-dealkylation sites (N-methyl/N-ethyl adjacent to an activating group) is 1. The molecular weight excluding hydrogens is 324 g/mol. The van der Waals surface area contributed by atoms with E-state index in [0.717, 1.165) is 4.31 Å². The Morgan fingerprint density at radius 3 is 2.41 bits per heavy atom. The molecule has 1 amide bonds. The third-order valence-electron chi connectivity index (χ3n) is 2.77. The SMILES string of the molecule is CN(C)C(=O)CNC(=S)Nc1cccc(S(=O)(=O)N(C)C)c1. The van der Waals surface area contributed by atoms with Gasteiger partial charge in [-0.05, 0) is 30.4 Å². The lowest BCUT2D eigenvalue weighted by Crippen LogP contribution is -2.38. The highest BCUT2D eigenvalue weighted by atomic mass is 32.2. The third kappa shape index (κ3) is 4.93. The van der Waals surface area contributed by atoms with Gasteiger partial charge in [-0.2, -0.15) is 0 Å². The second-order valence-electron chi connectivity index (χ2n) is 4.91. The molecule has 0 aliphatic heterocycles. The van der Waals surface area contributed by atoms with Gasteiger partial charge in [-0.15, -0.1) is 0 Å². The highest BCUT2D eigenvalue weighted by molar-refractivity contribution is 7.89. The first kappa shape index (κ1) is 18.3. The number of sulfonamides is 1. The Morgan fingerprint density at radius 2 is 1.86 bits per heavy atom. The summed E-state index contributed by atoms with van der Waals surface area (Å²) >= 11 is 5.08. The number of hydrogen-bond donors (Lipinski definition) is 2. The van der Waals surface area contributed by atoms with Crippen LogP contribution < -0.4 is 10.6 Å². The first-order chi connectivity index (χ1) is 10.1. The van der Waals surface area contributed by atoms with Crippen molar-refractivity contribution in [2.24, 2.45) is 0 Å². The Kier molecular flexibility index (Phi) is 6.27. The second-order valence-corrected chi connectivity index (χ2v) is 7.47. The van der Waals surface area contributed by atoms with Gasteiger partial charge in [0.1, 0.15) is 0 Å². The summed E-state index contributed by atoms with van der Waals surface area (Å²) in [6.45, 7) is 0.0640. The average Bonchev–Trinajstić information content (AvgIpc) is 2.44. The standard InChI is InChI=1S/C13H20N4O3S2/c1-16(2)12(18)9-14-13(21)15-10-6-5-7-11(8-10)22(19,20)17(3)4/h5-8H,9H2,1-4H3,(H2,14,15,21). The molecule has 9 heteroatoms. The number of benzene rings is 1. The molecule has 2 N–H and O–H groups in total. The van der Waals surface area contributed by atoms with Crippen molar-refractivity contribution in [3.63, 3.8) is 0 Å². The molecule has 0 spiro atoms. The maximum Gasteiger partial charge on any atom is 0.242 e. The molecule has 0 aliphatic carbocycles. The summed E-state index contributed by atoms with van der Waals surface area (Å²) in [5, 5.41) is 5.86. The third-order valence-corrected chi connectivity index (χ3v) is 4.83. The number of anilines is 1. The summed E-state index contributed by atoms with van der Waals surface area (Å²) in [6.07, 6.45) is 0. The van der Waals surface area contributed by atoms with E-state index in [1.165, 1.54) is 31.1 Å². The van der Waals surface area contributed by atoms with Crippen LogP contribution in [0.25, 0.3) is 0 Å². The Bertz CT molecular complexity index is 657. The Hall–Kier alpha value is -1.71. The van der Waals surface area contributed by atoms with Crippen molar-refractivity contribution >= 4 is 38.9 Å². The molecule has 0 saturated heterocycles. The molecule has 1 aromatic rings. The smallest absolute Gasteiger partial charge is 0.242 e. The predicted octanol–water partition coefficient (Wildman–Crippen LogP) is 0.312. The van der Waals surface area contributed by atoms with Crippen molar-refractivity contribution < 1.29 is 13.2 Å². The van der Waals surface area contributed by atoms with Crippen molar-refractivity contribution in [1.82, 2.24) is 14.5 Å². The van der Waals surface area contributed by atoms with Crippen molar-refractivity contribution in [3.8, 4) is 0 Å². The number of thiocarbonyl (C=S) groups is 1. The van der Waals surface area contributed by atoms with Gasteiger partial charge in [0, 0.05) is 33.9 Å². The van der Waals surface area contributed by atoms with Gasteiger partial charge in [0.25, 0.3) is 0 Å². The van der Waals surface area contributed by atoms with Crippen molar-refractivity contribution in [3.05, 3.63) is 24.3 Å². The van der Waals surface area contributed by atoms with Gasteiger partial charge in [0.2, 0.25) is 15.9 Å². The lowest BCUT2D eigenvalue weighted by molar-refractivity contribution is -0.127. The van der Waals surface area contributed by atoms with Crippen LogP contribution in [0.4, 0.5) is 5.69 Å². The number of rotatable bonds is 5. The molecule has 0 aliphatic rings. The van der Waals surface area contributed by atoms with E-state index < -0.39 is 10.0 Å². The van der Waals surface area contributed by atoms with Crippen LogP contribution in [0.15, 0.2) is 29.2 Å². The van der Waals surface area contributed by atoms with Gasteiger partial charge < -0.3 is 15.5 Å². The molecule has 0 radical (unpaired) electrons. The molecule has 0 atom stereocenters. The Labute approximate surface area is 136 Å². The van der Waals surface area contributed by atoms with Crippen molar-refractivity contribution in [1.29, 1.82) is 0 Å². The summed E-state index contributed by atoms with van der Waals surface area (Å²) in [5.74, 6) is -0.118. The lowest BCUT2D eigenvalue weighted by Gasteiger charge is -2.15. The van der Waals surface area contributed by atoms with Gasteiger partial charge in [-0.1, -0.05) is 6.07 Å². The fourth-order valence-electron chi connectivity index (χ4n) is 1.43. The zero-order chi connectivity index (χ0) is 16.9. The van der Waals surface area contributed by atoms with E-state index in [9.17, 15) is 13.2 Å². The summed E-state index contributed by atoms with van der Waals surface area (Å²) in [5.41, 5.74) is 0.526. The predicted molar refractivity (Wildman–Crippen MR) is 90.2 cm³/mol. The van der Waals surface area contributed by atoms with E-state index in [2.05, 4.69) is 10.6 Å². The maximum absolute atomic E-state index is 12.1.